The second-order valence-corrected chi connectivity index (χ2v) is 4.26. The Bertz CT molecular complexity index is 372. The molecule has 0 radical (unpaired) electrons. The molecule has 0 fully saturated rings. The van der Waals surface area contributed by atoms with E-state index < -0.39 is 0 Å². The minimum Gasteiger partial charge on any atom is -0.493 e. The number of aryl methyl sites for hydroxylation is 1. The fraction of sp³-hybridized carbons (Fsp3) is 0.500. The van der Waals surface area contributed by atoms with Crippen LogP contribution in [0.1, 0.15) is 24.8 Å². The Balaban J connectivity index is 0.00000324. The van der Waals surface area contributed by atoms with E-state index in [-0.39, 0.29) is 18.3 Å². The van der Waals surface area contributed by atoms with Crippen LogP contribution in [0.4, 0.5) is 0 Å². The second kappa shape index (κ2) is 10.6. The lowest BCUT2D eigenvalue weighted by Gasteiger charge is -2.07. The van der Waals surface area contributed by atoms with Crippen molar-refractivity contribution in [3.8, 4) is 5.75 Å². The zero-order chi connectivity index (χ0) is 13.2. The average molecular weight is 287 g/mol. The Hall–Kier alpha value is -1.26. The van der Waals surface area contributed by atoms with Crippen molar-refractivity contribution in [2.24, 2.45) is 5.73 Å². The van der Waals surface area contributed by atoms with E-state index in [2.05, 4.69) is 5.32 Å². The van der Waals surface area contributed by atoms with Crippen molar-refractivity contribution in [3.63, 3.8) is 0 Å². The summed E-state index contributed by atoms with van der Waals surface area (Å²) in [6.45, 7) is 3.79. The quantitative estimate of drug-likeness (QED) is 0.719. The number of benzene rings is 1. The van der Waals surface area contributed by atoms with E-state index in [1.54, 1.807) is 0 Å². The first-order valence-corrected chi connectivity index (χ1v) is 6.38. The highest BCUT2D eigenvalue weighted by Crippen LogP contribution is 2.12. The van der Waals surface area contributed by atoms with E-state index >= 15 is 0 Å². The van der Waals surface area contributed by atoms with Crippen molar-refractivity contribution in [1.29, 1.82) is 0 Å². The number of ether oxygens (including phenoxy) is 1. The van der Waals surface area contributed by atoms with Gasteiger partial charge in [-0.1, -0.05) is 12.1 Å². The molecule has 1 aromatic carbocycles. The normalized spacial score (nSPS) is 9.58. The van der Waals surface area contributed by atoms with Gasteiger partial charge in [-0.05, 0) is 44.0 Å². The molecular formula is C14H23ClN2O2. The maximum Gasteiger partial charge on any atom is 0.223 e. The van der Waals surface area contributed by atoms with E-state index in [0.717, 1.165) is 24.2 Å². The van der Waals surface area contributed by atoms with Gasteiger partial charge in [0, 0.05) is 6.54 Å². The molecule has 0 heterocycles. The van der Waals surface area contributed by atoms with Crippen LogP contribution < -0.4 is 15.8 Å². The molecule has 5 heteroatoms. The Morgan fingerprint density at radius 3 is 2.84 bits per heavy atom. The van der Waals surface area contributed by atoms with E-state index in [9.17, 15) is 4.79 Å². The molecule has 1 aromatic rings. The van der Waals surface area contributed by atoms with Crippen molar-refractivity contribution in [3.05, 3.63) is 29.8 Å². The maximum atomic E-state index is 11.4. The number of nitrogens with one attached hydrogen (secondary N) is 1. The van der Waals surface area contributed by atoms with Crippen LogP contribution in [0.2, 0.25) is 0 Å². The molecular weight excluding hydrogens is 264 g/mol. The van der Waals surface area contributed by atoms with Crippen molar-refractivity contribution in [2.45, 2.75) is 26.2 Å². The van der Waals surface area contributed by atoms with Crippen LogP contribution in [0.15, 0.2) is 24.3 Å². The first-order valence-electron chi connectivity index (χ1n) is 6.38. The van der Waals surface area contributed by atoms with Crippen LogP contribution in [0.25, 0.3) is 0 Å². The molecule has 0 atom stereocenters. The van der Waals surface area contributed by atoms with Gasteiger partial charge in [-0.15, -0.1) is 12.4 Å². The molecule has 1 rings (SSSR count). The van der Waals surface area contributed by atoms with E-state index in [4.69, 9.17) is 10.5 Å². The minimum atomic E-state index is 0. The number of unbranched alkanes of at least 4 members (excludes halogenated alkanes) is 1. The molecule has 3 N–H and O–H groups in total. The molecule has 0 aliphatic carbocycles. The van der Waals surface area contributed by atoms with Crippen molar-refractivity contribution in [2.75, 3.05) is 19.7 Å². The number of carbonyl (C=O) groups excluding carboxylic acids is 1. The molecule has 0 saturated carbocycles. The molecule has 19 heavy (non-hydrogen) atoms. The summed E-state index contributed by atoms with van der Waals surface area (Å²) >= 11 is 0. The third kappa shape index (κ3) is 8.46. The van der Waals surface area contributed by atoms with E-state index in [1.807, 2.05) is 31.2 Å². The Morgan fingerprint density at radius 1 is 1.37 bits per heavy atom. The zero-order valence-electron chi connectivity index (χ0n) is 11.4. The van der Waals surface area contributed by atoms with Gasteiger partial charge < -0.3 is 15.8 Å². The van der Waals surface area contributed by atoms with E-state index in [0.29, 0.717) is 26.1 Å². The monoisotopic (exact) mass is 286 g/mol. The third-order valence-electron chi connectivity index (χ3n) is 2.54. The van der Waals surface area contributed by atoms with Gasteiger partial charge in [0.15, 0.2) is 0 Å². The van der Waals surface area contributed by atoms with Crippen LogP contribution in [0.3, 0.4) is 0 Å². The van der Waals surface area contributed by atoms with Crippen LogP contribution in [-0.4, -0.2) is 25.6 Å². The molecule has 0 aromatic heterocycles. The topological polar surface area (TPSA) is 64.3 Å². The molecule has 0 bridgehead atoms. The van der Waals surface area contributed by atoms with E-state index in [1.165, 1.54) is 0 Å². The zero-order valence-corrected chi connectivity index (χ0v) is 12.2. The van der Waals surface area contributed by atoms with Gasteiger partial charge in [0.25, 0.3) is 0 Å². The van der Waals surface area contributed by atoms with Gasteiger partial charge in [-0.25, -0.2) is 0 Å². The summed E-state index contributed by atoms with van der Waals surface area (Å²) in [4.78, 5) is 11.4. The van der Waals surface area contributed by atoms with Gasteiger partial charge in [0.1, 0.15) is 5.75 Å². The van der Waals surface area contributed by atoms with Crippen LogP contribution in [0.5, 0.6) is 5.75 Å². The smallest absolute Gasteiger partial charge is 0.223 e. The van der Waals surface area contributed by atoms with Gasteiger partial charge in [-0.2, -0.15) is 0 Å². The first kappa shape index (κ1) is 17.7. The molecule has 108 valence electrons. The molecule has 0 spiro atoms. The largest absolute Gasteiger partial charge is 0.493 e. The number of halogens is 1. The number of carbonyl (C=O) groups is 1. The lowest BCUT2D eigenvalue weighted by Crippen LogP contribution is -2.26. The fourth-order valence-electron chi connectivity index (χ4n) is 1.55. The SMILES string of the molecule is Cc1cccc(OCCC(=O)NCCCCN)c1.Cl. The summed E-state index contributed by atoms with van der Waals surface area (Å²) in [5, 5.41) is 2.84. The second-order valence-electron chi connectivity index (χ2n) is 4.26. The lowest BCUT2D eigenvalue weighted by atomic mass is 10.2. The lowest BCUT2D eigenvalue weighted by molar-refractivity contribution is -0.121. The minimum absolute atomic E-state index is 0. The Labute approximate surface area is 121 Å². The molecule has 1 amide bonds. The summed E-state index contributed by atoms with van der Waals surface area (Å²) in [5.41, 5.74) is 6.52. The molecule has 0 saturated heterocycles. The van der Waals surface area contributed by atoms with Crippen molar-refractivity contribution < 1.29 is 9.53 Å². The molecule has 0 unspecified atom stereocenters. The predicted octanol–water partition coefficient (Wildman–Crippen LogP) is 2.04. The predicted molar refractivity (Wildman–Crippen MR) is 79.8 cm³/mol. The third-order valence-corrected chi connectivity index (χ3v) is 2.54. The van der Waals surface area contributed by atoms with Gasteiger partial charge in [0.05, 0.1) is 13.0 Å². The van der Waals surface area contributed by atoms with Crippen molar-refractivity contribution >= 4 is 18.3 Å². The molecule has 4 nitrogen and oxygen atoms in total. The van der Waals surface area contributed by atoms with Crippen LogP contribution in [-0.2, 0) is 4.79 Å². The van der Waals surface area contributed by atoms with Gasteiger partial charge in [0.2, 0.25) is 5.91 Å². The number of nitrogens with two attached hydrogens (primary N) is 1. The van der Waals surface area contributed by atoms with Gasteiger partial charge in [-0.3, -0.25) is 4.79 Å². The average Bonchev–Trinajstić information content (AvgIpc) is 2.35. The molecule has 0 aliphatic rings. The molecule has 0 aliphatic heterocycles. The fourth-order valence-corrected chi connectivity index (χ4v) is 1.55. The Kier molecular flexibility index (Phi) is 9.94. The Morgan fingerprint density at radius 2 is 2.16 bits per heavy atom. The van der Waals surface area contributed by atoms with Crippen LogP contribution in [0, 0.1) is 6.92 Å². The highest BCUT2D eigenvalue weighted by atomic mass is 35.5. The maximum absolute atomic E-state index is 11.4. The first-order chi connectivity index (χ1) is 8.72. The number of hydrogen-bond acceptors (Lipinski definition) is 3. The summed E-state index contributed by atoms with van der Waals surface area (Å²) in [5.74, 6) is 0.839. The van der Waals surface area contributed by atoms with Gasteiger partial charge >= 0.3 is 0 Å². The summed E-state index contributed by atoms with van der Waals surface area (Å²) < 4.78 is 5.50. The number of amides is 1. The highest BCUT2D eigenvalue weighted by molar-refractivity contribution is 5.85. The standard InChI is InChI=1S/C14H22N2O2.ClH/c1-12-5-4-6-13(11-12)18-10-7-14(17)16-9-3-2-8-15;/h4-6,11H,2-3,7-10,15H2,1H3,(H,16,17);1H. The van der Waals surface area contributed by atoms with Crippen molar-refractivity contribution in [1.82, 2.24) is 5.32 Å². The summed E-state index contributed by atoms with van der Waals surface area (Å²) in [7, 11) is 0. The summed E-state index contributed by atoms with van der Waals surface area (Å²) in [6.07, 6.45) is 2.26. The summed E-state index contributed by atoms with van der Waals surface area (Å²) in [6, 6.07) is 7.81. The number of rotatable bonds is 8. The highest BCUT2D eigenvalue weighted by Gasteiger charge is 2.01. The number of hydrogen-bond donors (Lipinski definition) is 2. The van der Waals surface area contributed by atoms with Crippen LogP contribution >= 0.6 is 12.4 Å².